The van der Waals surface area contributed by atoms with Gasteiger partial charge in [-0.2, -0.15) is 0 Å². The van der Waals surface area contributed by atoms with Crippen LogP contribution in [-0.2, 0) is 0 Å². The van der Waals surface area contributed by atoms with Crippen LogP contribution in [0.2, 0.25) is 0 Å². The minimum Gasteiger partial charge on any atom is -0.329 e. The Morgan fingerprint density at radius 3 is 2.50 bits per heavy atom. The molecule has 3 nitrogen and oxygen atoms in total. The van der Waals surface area contributed by atoms with Crippen LogP contribution in [0.3, 0.4) is 0 Å². The van der Waals surface area contributed by atoms with Crippen LogP contribution < -0.4 is 5.73 Å². The summed E-state index contributed by atoms with van der Waals surface area (Å²) in [5.41, 5.74) is 7.13. The number of nitrogens with two attached hydrogens (primary N) is 1. The lowest BCUT2D eigenvalue weighted by Gasteiger charge is -2.44. The molecule has 1 aliphatic rings. The molecule has 1 fully saturated rings. The summed E-state index contributed by atoms with van der Waals surface area (Å²) in [6, 6.07) is 7.52. The Bertz CT molecular complexity index is 407. The van der Waals surface area contributed by atoms with Gasteiger partial charge in [-0.3, -0.25) is 4.90 Å². The molecule has 2 N–H and O–H groups in total. The van der Waals surface area contributed by atoms with Crippen LogP contribution in [0.5, 0.6) is 0 Å². The van der Waals surface area contributed by atoms with Crippen molar-refractivity contribution < 1.29 is 4.39 Å². The van der Waals surface area contributed by atoms with Crippen molar-refractivity contribution in [2.24, 2.45) is 5.73 Å². The molecule has 0 radical (unpaired) electrons. The molecule has 0 amide bonds. The second-order valence-corrected chi connectivity index (χ2v) is 5.50. The van der Waals surface area contributed by atoms with Crippen molar-refractivity contribution in [3.05, 3.63) is 35.6 Å². The van der Waals surface area contributed by atoms with Gasteiger partial charge in [0.25, 0.3) is 0 Å². The Hall–Kier alpha value is -0.970. The molecular formula is C16H26FN3. The Morgan fingerprint density at radius 1 is 1.25 bits per heavy atom. The van der Waals surface area contributed by atoms with Gasteiger partial charge in [-0.15, -0.1) is 0 Å². The zero-order valence-corrected chi connectivity index (χ0v) is 12.6. The Labute approximate surface area is 121 Å². The molecule has 0 saturated carbocycles. The van der Waals surface area contributed by atoms with Gasteiger partial charge >= 0.3 is 0 Å². The molecule has 2 unspecified atom stereocenters. The van der Waals surface area contributed by atoms with E-state index in [2.05, 4.69) is 23.6 Å². The highest BCUT2D eigenvalue weighted by atomic mass is 19.1. The van der Waals surface area contributed by atoms with E-state index in [0.29, 0.717) is 12.6 Å². The SMILES string of the molecule is CCC1CN(CC)CCN1C(CN)c1ccc(F)cc1. The van der Waals surface area contributed by atoms with Crippen molar-refractivity contribution in [1.82, 2.24) is 9.80 Å². The Morgan fingerprint density at radius 2 is 1.95 bits per heavy atom. The standard InChI is InChI=1S/C16H26FN3/c1-3-15-12-19(4-2)9-10-20(15)16(11-18)13-5-7-14(17)8-6-13/h5-8,15-16H,3-4,9-12,18H2,1-2H3. The molecule has 112 valence electrons. The third-order valence-electron chi connectivity index (χ3n) is 4.41. The van der Waals surface area contributed by atoms with E-state index in [1.807, 2.05) is 12.1 Å². The van der Waals surface area contributed by atoms with Crippen LogP contribution in [0.1, 0.15) is 31.9 Å². The van der Waals surface area contributed by atoms with Gasteiger partial charge in [-0.1, -0.05) is 26.0 Å². The number of rotatable bonds is 5. The van der Waals surface area contributed by atoms with Crippen LogP contribution in [0, 0.1) is 5.82 Å². The van der Waals surface area contributed by atoms with Crippen molar-refractivity contribution in [2.45, 2.75) is 32.4 Å². The second-order valence-electron chi connectivity index (χ2n) is 5.50. The van der Waals surface area contributed by atoms with Gasteiger partial charge in [0, 0.05) is 38.3 Å². The first kappa shape index (κ1) is 15.4. The average Bonchev–Trinajstić information content (AvgIpc) is 2.50. The number of hydrogen-bond donors (Lipinski definition) is 1. The predicted molar refractivity (Wildman–Crippen MR) is 81.1 cm³/mol. The summed E-state index contributed by atoms with van der Waals surface area (Å²) >= 11 is 0. The summed E-state index contributed by atoms with van der Waals surface area (Å²) in [5.74, 6) is -0.188. The smallest absolute Gasteiger partial charge is 0.123 e. The zero-order valence-electron chi connectivity index (χ0n) is 12.6. The van der Waals surface area contributed by atoms with E-state index in [0.717, 1.165) is 38.2 Å². The number of nitrogens with zero attached hydrogens (tertiary/aromatic N) is 2. The fraction of sp³-hybridized carbons (Fsp3) is 0.625. The first-order chi connectivity index (χ1) is 9.69. The number of hydrogen-bond acceptors (Lipinski definition) is 3. The third-order valence-corrected chi connectivity index (χ3v) is 4.41. The molecule has 0 aromatic heterocycles. The molecule has 0 spiro atoms. The van der Waals surface area contributed by atoms with E-state index in [4.69, 9.17) is 5.73 Å². The van der Waals surface area contributed by atoms with E-state index in [-0.39, 0.29) is 11.9 Å². The van der Waals surface area contributed by atoms with Crippen LogP contribution in [0.15, 0.2) is 24.3 Å². The van der Waals surface area contributed by atoms with Gasteiger partial charge in [0.05, 0.1) is 0 Å². The molecule has 1 heterocycles. The predicted octanol–water partition coefficient (Wildman–Crippen LogP) is 2.24. The summed E-state index contributed by atoms with van der Waals surface area (Å²) in [4.78, 5) is 4.99. The lowest BCUT2D eigenvalue weighted by Crippen LogP contribution is -2.54. The van der Waals surface area contributed by atoms with Crippen molar-refractivity contribution >= 4 is 0 Å². The largest absolute Gasteiger partial charge is 0.329 e. The monoisotopic (exact) mass is 279 g/mol. The lowest BCUT2D eigenvalue weighted by molar-refractivity contribution is 0.0427. The molecule has 1 aliphatic heterocycles. The first-order valence-corrected chi connectivity index (χ1v) is 7.63. The molecule has 1 saturated heterocycles. The van der Waals surface area contributed by atoms with Gasteiger partial charge in [-0.25, -0.2) is 4.39 Å². The molecule has 1 aromatic carbocycles. The number of piperazine rings is 1. The summed E-state index contributed by atoms with van der Waals surface area (Å²) in [6.45, 7) is 9.35. The quantitative estimate of drug-likeness (QED) is 0.897. The second kappa shape index (κ2) is 7.16. The third kappa shape index (κ3) is 3.37. The average molecular weight is 279 g/mol. The maximum Gasteiger partial charge on any atom is 0.123 e. The lowest BCUT2D eigenvalue weighted by atomic mass is 10.00. The van der Waals surface area contributed by atoms with E-state index in [1.54, 1.807) is 0 Å². The Kier molecular flexibility index (Phi) is 5.52. The van der Waals surface area contributed by atoms with Crippen molar-refractivity contribution in [2.75, 3.05) is 32.7 Å². The van der Waals surface area contributed by atoms with Gasteiger partial charge in [0.1, 0.15) is 5.82 Å². The van der Waals surface area contributed by atoms with Crippen LogP contribution >= 0.6 is 0 Å². The number of halogens is 1. The summed E-state index contributed by atoms with van der Waals surface area (Å²) in [5, 5.41) is 0. The molecule has 2 rings (SSSR count). The fourth-order valence-electron chi connectivity index (χ4n) is 3.14. The summed E-state index contributed by atoms with van der Waals surface area (Å²) in [7, 11) is 0. The van der Waals surface area contributed by atoms with Crippen LogP contribution in [0.4, 0.5) is 4.39 Å². The molecule has 1 aromatic rings. The van der Waals surface area contributed by atoms with Crippen LogP contribution in [0.25, 0.3) is 0 Å². The molecule has 0 aliphatic carbocycles. The van der Waals surface area contributed by atoms with Crippen molar-refractivity contribution in [3.63, 3.8) is 0 Å². The summed E-state index contributed by atoms with van der Waals surface area (Å²) in [6.07, 6.45) is 1.12. The number of benzene rings is 1. The number of likely N-dealkylation sites (N-methyl/N-ethyl adjacent to an activating group) is 1. The van der Waals surface area contributed by atoms with E-state index < -0.39 is 0 Å². The van der Waals surface area contributed by atoms with Gasteiger partial charge in [0.2, 0.25) is 0 Å². The zero-order chi connectivity index (χ0) is 14.5. The van der Waals surface area contributed by atoms with E-state index in [9.17, 15) is 4.39 Å². The molecular weight excluding hydrogens is 253 g/mol. The van der Waals surface area contributed by atoms with Gasteiger partial charge in [0.15, 0.2) is 0 Å². The van der Waals surface area contributed by atoms with Crippen LogP contribution in [-0.4, -0.2) is 48.6 Å². The maximum absolute atomic E-state index is 13.1. The minimum absolute atomic E-state index is 0.188. The van der Waals surface area contributed by atoms with Crippen molar-refractivity contribution in [1.29, 1.82) is 0 Å². The topological polar surface area (TPSA) is 32.5 Å². The van der Waals surface area contributed by atoms with Gasteiger partial charge in [-0.05, 0) is 30.7 Å². The summed E-state index contributed by atoms with van der Waals surface area (Å²) < 4.78 is 13.1. The molecule has 4 heteroatoms. The fourth-order valence-corrected chi connectivity index (χ4v) is 3.14. The Balaban J connectivity index is 2.15. The van der Waals surface area contributed by atoms with E-state index in [1.165, 1.54) is 12.1 Å². The maximum atomic E-state index is 13.1. The molecule has 2 atom stereocenters. The van der Waals surface area contributed by atoms with Gasteiger partial charge < -0.3 is 10.6 Å². The normalized spacial score (nSPS) is 22.9. The minimum atomic E-state index is -0.188. The van der Waals surface area contributed by atoms with Crippen molar-refractivity contribution in [3.8, 4) is 0 Å². The highest BCUT2D eigenvalue weighted by Crippen LogP contribution is 2.26. The van der Waals surface area contributed by atoms with E-state index >= 15 is 0 Å². The molecule has 20 heavy (non-hydrogen) atoms. The first-order valence-electron chi connectivity index (χ1n) is 7.63. The highest BCUT2D eigenvalue weighted by molar-refractivity contribution is 5.21. The highest BCUT2D eigenvalue weighted by Gasteiger charge is 2.30. The molecule has 0 bridgehead atoms.